The second-order valence-corrected chi connectivity index (χ2v) is 10.0. The van der Waals surface area contributed by atoms with Crippen molar-refractivity contribution < 1.29 is 19.6 Å². The summed E-state index contributed by atoms with van der Waals surface area (Å²) in [7, 11) is 0. The van der Waals surface area contributed by atoms with Crippen molar-refractivity contribution in [1.82, 2.24) is 10.8 Å². The van der Waals surface area contributed by atoms with Crippen LogP contribution in [-0.4, -0.2) is 22.9 Å². The number of hydrogen-bond acceptors (Lipinski definition) is 5. The Hall–Kier alpha value is -3.10. The van der Waals surface area contributed by atoms with E-state index in [0.717, 1.165) is 10.5 Å². The summed E-state index contributed by atoms with van der Waals surface area (Å²) in [5.74, 6) is -0.267. The van der Waals surface area contributed by atoms with E-state index >= 15 is 0 Å². The van der Waals surface area contributed by atoms with Crippen LogP contribution < -0.4 is 16.5 Å². The van der Waals surface area contributed by atoms with Crippen LogP contribution >= 0.6 is 11.8 Å². The van der Waals surface area contributed by atoms with Gasteiger partial charge in [-0.1, -0.05) is 100 Å². The van der Waals surface area contributed by atoms with Gasteiger partial charge in [-0.15, -0.1) is 0 Å². The van der Waals surface area contributed by atoms with Crippen LogP contribution in [0.1, 0.15) is 71.3 Å². The Labute approximate surface area is 231 Å². The van der Waals surface area contributed by atoms with Crippen LogP contribution in [0, 0.1) is 11.8 Å². The predicted octanol–water partition coefficient (Wildman–Crippen LogP) is 5.93. The number of nitrogens with one attached hydrogen (secondary N) is 2. The molecule has 1 aliphatic heterocycles. The number of thioether (sulfide) groups is 1. The highest BCUT2D eigenvalue weighted by Crippen LogP contribution is 2.39. The number of allylic oxidation sites excluding steroid dienone is 5. The number of carbonyl (C=O) groups excluding carboxylic acids is 3. The first kappa shape index (κ1) is 32.9. The Bertz CT molecular complexity index is 996. The van der Waals surface area contributed by atoms with Crippen LogP contribution in [0.2, 0.25) is 0 Å². The number of hydroxylamine groups is 1. The zero-order valence-electron chi connectivity index (χ0n) is 22.9. The normalized spacial score (nSPS) is 17.5. The summed E-state index contributed by atoms with van der Waals surface area (Å²) in [5, 5.41) is 11.6. The third-order valence-electron chi connectivity index (χ3n) is 6.05. The van der Waals surface area contributed by atoms with Gasteiger partial charge in [0.25, 0.3) is 5.91 Å². The number of aryl methyl sites for hydroxylation is 1. The van der Waals surface area contributed by atoms with Crippen LogP contribution in [0.25, 0.3) is 0 Å². The molecule has 0 radical (unpaired) electrons. The number of hydrogen-bond donors (Lipinski definition) is 4. The molecule has 0 aromatic heterocycles. The van der Waals surface area contributed by atoms with E-state index in [1.54, 1.807) is 17.6 Å². The maximum absolute atomic E-state index is 12.1. The third kappa shape index (κ3) is 12.9. The van der Waals surface area contributed by atoms with Crippen LogP contribution in [0.3, 0.4) is 0 Å². The molecular formula is C30H43N3O4S. The predicted molar refractivity (Wildman–Crippen MR) is 156 cm³/mol. The number of amides is 3. The van der Waals surface area contributed by atoms with Crippen molar-refractivity contribution in [2.45, 2.75) is 72.1 Å². The molecule has 0 bridgehead atoms. The minimum atomic E-state index is -0.549. The minimum Gasteiger partial charge on any atom is -0.370 e. The maximum atomic E-state index is 12.1. The molecule has 1 aromatic carbocycles. The van der Waals surface area contributed by atoms with Crippen molar-refractivity contribution in [3.8, 4) is 0 Å². The van der Waals surface area contributed by atoms with E-state index in [9.17, 15) is 14.4 Å². The van der Waals surface area contributed by atoms with Gasteiger partial charge in [0.15, 0.2) is 0 Å². The molecule has 0 spiro atoms. The van der Waals surface area contributed by atoms with Gasteiger partial charge in [-0.05, 0) is 48.6 Å². The quantitative estimate of drug-likeness (QED) is 0.175. The zero-order valence-corrected chi connectivity index (χ0v) is 23.7. The van der Waals surface area contributed by atoms with Crippen LogP contribution in [0.15, 0.2) is 76.7 Å². The fourth-order valence-electron chi connectivity index (χ4n) is 4.06. The Morgan fingerprint density at radius 3 is 2.37 bits per heavy atom. The van der Waals surface area contributed by atoms with Crippen molar-refractivity contribution in [2.75, 3.05) is 0 Å². The summed E-state index contributed by atoms with van der Waals surface area (Å²) in [5.41, 5.74) is 8.51. The number of carbonyl (C=O) groups is 3. The minimum absolute atomic E-state index is 0.0536. The van der Waals surface area contributed by atoms with Gasteiger partial charge in [-0.2, -0.15) is 0 Å². The van der Waals surface area contributed by atoms with Crippen molar-refractivity contribution in [2.24, 2.45) is 17.6 Å². The van der Waals surface area contributed by atoms with Gasteiger partial charge in [0, 0.05) is 24.5 Å². The maximum Gasteiger partial charge on any atom is 0.281 e. The molecule has 1 aromatic rings. The van der Waals surface area contributed by atoms with Crippen molar-refractivity contribution in [1.29, 1.82) is 0 Å². The highest BCUT2D eigenvalue weighted by Gasteiger charge is 2.23. The molecule has 8 heteroatoms. The number of benzene rings is 1. The number of primary amides is 1. The molecule has 5 N–H and O–H groups in total. The number of rotatable bonds is 9. The fraction of sp³-hybridized carbons (Fsp3) is 0.433. The summed E-state index contributed by atoms with van der Waals surface area (Å²) in [4.78, 5) is 35.3. The largest absolute Gasteiger partial charge is 0.370 e. The Kier molecular flexibility index (Phi) is 16.5. The molecule has 1 unspecified atom stereocenters. The smallest absolute Gasteiger partial charge is 0.281 e. The van der Waals surface area contributed by atoms with E-state index < -0.39 is 5.91 Å². The molecule has 3 rings (SSSR count). The molecule has 1 saturated carbocycles. The molecular weight excluding hydrogens is 498 g/mol. The van der Waals surface area contributed by atoms with Crippen molar-refractivity contribution in [3.63, 3.8) is 0 Å². The van der Waals surface area contributed by atoms with Crippen molar-refractivity contribution in [3.05, 3.63) is 82.3 Å². The summed E-state index contributed by atoms with van der Waals surface area (Å²) in [6.45, 7) is 9.76. The number of nitrogens with two attached hydrogens (primary N) is 1. The van der Waals surface area contributed by atoms with E-state index in [1.807, 2.05) is 63.3 Å². The molecule has 38 heavy (non-hydrogen) atoms. The topological polar surface area (TPSA) is 122 Å². The summed E-state index contributed by atoms with van der Waals surface area (Å²) >= 11 is 1.22. The highest BCUT2D eigenvalue weighted by molar-refractivity contribution is 8.07. The van der Waals surface area contributed by atoms with Gasteiger partial charge < -0.3 is 11.1 Å². The molecule has 208 valence electrons. The fourth-order valence-corrected chi connectivity index (χ4v) is 4.98. The first-order chi connectivity index (χ1) is 18.3. The van der Waals surface area contributed by atoms with Crippen LogP contribution in [0.4, 0.5) is 0 Å². The SMILES string of the molecule is C=C1SC(C(=O)NO)=CC1C=C/C(=C\C)NC(=O)CCc1ccccc1.CC.NC(=O)CC1CCCCC1. The zero-order chi connectivity index (χ0) is 28.3. The second-order valence-electron chi connectivity index (χ2n) is 8.88. The van der Waals surface area contributed by atoms with E-state index in [2.05, 4.69) is 11.9 Å². The summed E-state index contributed by atoms with van der Waals surface area (Å²) in [6.07, 6.45) is 15.2. The van der Waals surface area contributed by atoms with Gasteiger partial charge in [-0.25, -0.2) is 5.48 Å². The molecule has 2 aliphatic rings. The van der Waals surface area contributed by atoms with Gasteiger partial charge in [0.05, 0.1) is 4.91 Å². The lowest BCUT2D eigenvalue weighted by atomic mass is 9.87. The standard InChI is InChI=1S/C20H22N2O3S.C8H15NO.C2H6/c1-3-17(21-19(23)12-9-15-7-5-4-6-8-15)11-10-16-13-18(20(24)22-25)26-14(16)2;9-8(10)6-7-4-2-1-3-5-7;1-2/h3-8,10-11,13,16,25H,2,9,12H2,1H3,(H,21,23)(H,22,24);7H,1-6H2,(H2,9,10);1-2H3/b11-10?,17-3+;;. The van der Waals surface area contributed by atoms with E-state index in [-0.39, 0.29) is 17.7 Å². The van der Waals surface area contributed by atoms with E-state index in [4.69, 9.17) is 10.9 Å². The molecule has 7 nitrogen and oxygen atoms in total. The Morgan fingerprint density at radius 2 is 1.79 bits per heavy atom. The average Bonchev–Trinajstić information content (AvgIpc) is 3.32. The van der Waals surface area contributed by atoms with Gasteiger partial charge in [0.2, 0.25) is 11.8 Å². The van der Waals surface area contributed by atoms with Gasteiger partial charge in [0.1, 0.15) is 0 Å². The monoisotopic (exact) mass is 541 g/mol. The molecule has 0 saturated heterocycles. The molecule has 3 amide bonds. The Morgan fingerprint density at radius 1 is 1.13 bits per heavy atom. The molecule has 1 aliphatic carbocycles. The van der Waals surface area contributed by atoms with E-state index in [1.165, 1.54) is 43.9 Å². The van der Waals surface area contributed by atoms with Gasteiger partial charge in [-0.3, -0.25) is 19.6 Å². The lowest BCUT2D eigenvalue weighted by molar-refractivity contribution is -0.124. The molecule has 1 atom stereocenters. The average molecular weight is 542 g/mol. The summed E-state index contributed by atoms with van der Waals surface area (Å²) < 4.78 is 0. The Balaban J connectivity index is 0.000000501. The summed E-state index contributed by atoms with van der Waals surface area (Å²) in [6, 6.07) is 9.86. The third-order valence-corrected chi connectivity index (χ3v) is 7.12. The first-order valence-corrected chi connectivity index (χ1v) is 14.1. The van der Waals surface area contributed by atoms with Crippen molar-refractivity contribution >= 4 is 29.5 Å². The van der Waals surface area contributed by atoms with Crippen LogP contribution in [-0.2, 0) is 20.8 Å². The molecule has 1 heterocycles. The van der Waals surface area contributed by atoms with Crippen LogP contribution in [0.5, 0.6) is 0 Å². The second kappa shape index (κ2) is 19.0. The lowest BCUT2D eigenvalue weighted by Crippen LogP contribution is -2.22. The highest BCUT2D eigenvalue weighted by atomic mass is 32.2. The van der Waals surface area contributed by atoms with Gasteiger partial charge >= 0.3 is 0 Å². The molecule has 1 fully saturated rings. The van der Waals surface area contributed by atoms with E-state index in [0.29, 0.717) is 35.8 Å². The lowest BCUT2D eigenvalue weighted by Gasteiger charge is -2.19. The first-order valence-electron chi connectivity index (χ1n) is 13.3.